The number of aliphatic carboxylic acids is 1. The Morgan fingerprint density at radius 2 is 1.59 bits per heavy atom. The van der Waals surface area contributed by atoms with E-state index in [0.29, 0.717) is 25.8 Å². The number of hydrogen-bond donors (Lipinski definition) is 2. The first kappa shape index (κ1) is 20.5. The average Bonchev–Trinajstić information content (AvgIpc) is 3.35. The summed E-state index contributed by atoms with van der Waals surface area (Å²) in [5.41, 5.74) is 3.47. The smallest absolute Gasteiger partial charge is 0.408 e. The lowest BCUT2D eigenvalue weighted by atomic mass is 9.91. The Bertz CT molecular complexity index is 1030. The van der Waals surface area contributed by atoms with Gasteiger partial charge in [-0.1, -0.05) is 61.4 Å². The fraction of sp³-hybridized carbons (Fsp3) is 0.400. The van der Waals surface area contributed by atoms with E-state index in [1.807, 2.05) is 24.3 Å². The van der Waals surface area contributed by atoms with Crippen LogP contribution in [0.15, 0.2) is 48.5 Å². The molecule has 1 atom stereocenters. The maximum atomic E-state index is 13.2. The van der Waals surface area contributed by atoms with Gasteiger partial charge in [0.05, 0.1) is 0 Å². The molecule has 0 aromatic heterocycles. The normalized spacial score (nSPS) is 20.8. The average molecular weight is 434 g/mol. The number of amides is 2. The zero-order chi connectivity index (χ0) is 22.3. The van der Waals surface area contributed by atoms with E-state index in [1.165, 1.54) is 4.90 Å². The fourth-order valence-corrected chi connectivity index (χ4v) is 5.36. The largest absolute Gasteiger partial charge is 0.480 e. The number of alkyl carbamates (subject to hydrolysis) is 1. The van der Waals surface area contributed by atoms with Crippen LogP contribution in [-0.2, 0) is 14.3 Å². The maximum absolute atomic E-state index is 13.2. The van der Waals surface area contributed by atoms with Gasteiger partial charge in [0.25, 0.3) is 0 Å². The van der Waals surface area contributed by atoms with Gasteiger partial charge in [-0.25, -0.2) is 9.59 Å². The molecule has 0 spiro atoms. The van der Waals surface area contributed by atoms with Gasteiger partial charge < -0.3 is 20.1 Å². The number of carbonyl (C=O) groups is 3. The molecule has 166 valence electrons. The van der Waals surface area contributed by atoms with Crippen LogP contribution in [0.1, 0.15) is 49.1 Å². The van der Waals surface area contributed by atoms with E-state index in [1.54, 1.807) is 0 Å². The number of benzene rings is 2. The minimum Gasteiger partial charge on any atom is -0.480 e. The molecule has 1 saturated carbocycles. The third-order valence-electron chi connectivity index (χ3n) is 7.12. The topological polar surface area (TPSA) is 95.9 Å². The highest BCUT2D eigenvalue weighted by Crippen LogP contribution is 2.44. The van der Waals surface area contributed by atoms with Crippen LogP contribution in [0.3, 0.4) is 0 Å². The van der Waals surface area contributed by atoms with Crippen molar-refractivity contribution in [1.82, 2.24) is 10.2 Å². The van der Waals surface area contributed by atoms with Gasteiger partial charge in [-0.05, 0) is 41.5 Å². The van der Waals surface area contributed by atoms with Crippen molar-refractivity contribution in [2.24, 2.45) is 0 Å². The van der Waals surface area contributed by atoms with Gasteiger partial charge in [-0.15, -0.1) is 0 Å². The summed E-state index contributed by atoms with van der Waals surface area (Å²) in [5, 5.41) is 12.1. The molecule has 2 aromatic rings. The highest BCUT2D eigenvalue weighted by atomic mass is 16.5. The Morgan fingerprint density at radius 1 is 1.00 bits per heavy atom. The molecule has 1 aliphatic heterocycles. The van der Waals surface area contributed by atoms with Gasteiger partial charge in [0, 0.05) is 12.5 Å². The van der Waals surface area contributed by atoms with E-state index in [-0.39, 0.29) is 18.4 Å². The second-order valence-electron chi connectivity index (χ2n) is 8.88. The molecule has 2 aliphatic carbocycles. The summed E-state index contributed by atoms with van der Waals surface area (Å²) in [6, 6.07) is 15.4. The molecule has 0 radical (unpaired) electrons. The molecule has 1 unspecified atom stereocenters. The molecular weight excluding hydrogens is 408 g/mol. The third-order valence-corrected chi connectivity index (χ3v) is 7.12. The van der Waals surface area contributed by atoms with Crippen molar-refractivity contribution < 1.29 is 24.2 Å². The lowest BCUT2D eigenvalue weighted by Gasteiger charge is -2.43. The minimum atomic E-state index is -1.07. The fourth-order valence-electron chi connectivity index (χ4n) is 5.36. The lowest BCUT2D eigenvalue weighted by Crippen LogP contribution is -2.65. The quantitative estimate of drug-likeness (QED) is 0.751. The van der Waals surface area contributed by atoms with Crippen LogP contribution in [0, 0.1) is 0 Å². The van der Waals surface area contributed by atoms with E-state index in [4.69, 9.17) is 4.74 Å². The van der Waals surface area contributed by atoms with Gasteiger partial charge in [0.15, 0.2) is 0 Å². The maximum Gasteiger partial charge on any atom is 0.408 e. The van der Waals surface area contributed by atoms with Crippen molar-refractivity contribution in [3.8, 4) is 11.1 Å². The standard InChI is InChI=1S/C25H26N2O5/c28-22(29)21-11-14-27(21)23(30)25(12-5-6-13-25)26-24(31)32-15-20-18-9-3-1-7-16(18)17-8-2-4-10-19(17)20/h1-4,7-10,20-21H,5-6,11-15H2,(H,26,31)(H,28,29). The summed E-state index contributed by atoms with van der Waals surface area (Å²) in [6.45, 7) is 0.579. The molecule has 2 N–H and O–H groups in total. The van der Waals surface area contributed by atoms with E-state index in [2.05, 4.69) is 29.6 Å². The number of nitrogens with one attached hydrogen (secondary N) is 1. The molecule has 1 saturated heterocycles. The van der Waals surface area contributed by atoms with E-state index in [0.717, 1.165) is 35.1 Å². The lowest BCUT2D eigenvalue weighted by molar-refractivity contribution is -0.160. The molecule has 7 nitrogen and oxygen atoms in total. The van der Waals surface area contributed by atoms with Crippen molar-refractivity contribution in [2.45, 2.75) is 49.6 Å². The first-order valence-corrected chi connectivity index (χ1v) is 11.2. The second kappa shape index (κ2) is 7.97. The zero-order valence-corrected chi connectivity index (χ0v) is 17.8. The molecule has 2 fully saturated rings. The number of rotatable bonds is 5. The van der Waals surface area contributed by atoms with E-state index >= 15 is 0 Å². The predicted octanol–water partition coefficient (Wildman–Crippen LogP) is 3.52. The Labute approximate surface area is 186 Å². The van der Waals surface area contributed by atoms with Gasteiger partial charge in [-0.2, -0.15) is 0 Å². The van der Waals surface area contributed by atoms with Crippen LogP contribution >= 0.6 is 0 Å². The summed E-state index contributed by atoms with van der Waals surface area (Å²) in [4.78, 5) is 38.7. The van der Waals surface area contributed by atoms with Crippen LogP contribution in [0.25, 0.3) is 11.1 Å². The molecule has 5 rings (SSSR count). The van der Waals surface area contributed by atoms with E-state index < -0.39 is 23.6 Å². The van der Waals surface area contributed by atoms with Crippen LogP contribution in [0.4, 0.5) is 4.79 Å². The van der Waals surface area contributed by atoms with Gasteiger partial charge in [-0.3, -0.25) is 4.79 Å². The molecule has 7 heteroatoms. The van der Waals surface area contributed by atoms with Crippen molar-refractivity contribution in [3.05, 3.63) is 59.7 Å². The number of ether oxygens (including phenoxy) is 1. The van der Waals surface area contributed by atoms with Crippen LogP contribution in [0.5, 0.6) is 0 Å². The SMILES string of the molecule is O=C(NC1(C(=O)N2CCC2C(=O)O)CCCC1)OCC1c2ccccc2-c2ccccc21. The van der Waals surface area contributed by atoms with Crippen LogP contribution < -0.4 is 5.32 Å². The van der Waals surface area contributed by atoms with Crippen LogP contribution in [0.2, 0.25) is 0 Å². The first-order valence-electron chi connectivity index (χ1n) is 11.2. The van der Waals surface area contributed by atoms with Crippen molar-refractivity contribution in [3.63, 3.8) is 0 Å². The number of nitrogens with zero attached hydrogens (tertiary/aromatic N) is 1. The number of fused-ring (bicyclic) bond motifs is 3. The highest BCUT2D eigenvalue weighted by Gasteiger charge is 2.50. The Hall–Kier alpha value is -3.35. The number of hydrogen-bond acceptors (Lipinski definition) is 4. The molecule has 0 bridgehead atoms. The van der Waals surface area contributed by atoms with Crippen LogP contribution in [-0.4, -0.2) is 52.7 Å². The first-order chi connectivity index (χ1) is 15.5. The van der Waals surface area contributed by atoms with E-state index in [9.17, 15) is 19.5 Å². The third kappa shape index (κ3) is 3.32. The molecular formula is C25H26N2O5. The molecule has 32 heavy (non-hydrogen) atoms. The molecule has 3 aliphatic rings. The summed E-state index contributed by atoms with van der Waals surface area (Å²) >= 11 is 0. The zero-order valence-electron chi connectivity index (χ0n) is 17.8. The summed E-state index contributed by atoms with van der Waals surface area (Å²) in [6.07, 6.45) is 2.43. The van der Waals surface area contributed by atoms with Crippen molar-refractivity contribution in [2.75, 3.05) is 13.2 Å². The van der Waals surface area contributed by atoms with Gasteiger partial charge >= 0.3 is 12.1 Å². The second-order valence-corrected chi connectivity index (χ2v) is 8.88. The predicted molar refractivity (Wildman–Crippen MR) is 117 cm³/mol. The number of carboxylic acids is 1. The minimum absolute atomic E-state index is 0.0600. The van der Waals surface area contributed by atoms with Gasteiger partial charge in [0.2, 0.25) is 5.91 Å². The number of likely N-dealkylation sites (tertiary alicyclic amines) is 1. The molecule has 2 aromatic carbocycles. The van der Waals surface area contributed by atoms with Gasteiger partial charge in [0.1, 0.15) is 18.2 Å². The molecule has 1 heterocycles. The number of carboxylic acid groups (broad SMARTS) is 1. The summed E-state index contributed by atoms with van der Waals surface area (Å²) < 4.78 is 5.65. The van der Waals surface area contributed by atoms with Crippen molar-refractivity contribution in [1.29, 1.82) is 0 Å². The Kier molecular flexibility index (Phi) is 5.12. The van der Waals surface area contributed by atoms with Crippen molar-refractivity contribution >= 4 is 18.0 Å². The Balaban J connectivity index is 1.29. The molecule has 2 amide bonds. The summed E-state index contributed by atoms with van der Waals surface area (Å²) in [5.74, 6) is -1.36. The number of carbonyl (C=O) groups excluding carboxylic acids is 2. The Morgan fingerprint density at radius 3 is 2.12 bits per heavy atom. The highest BCUT2D eigenvalue weighted by molar-refractivity contribution is 5.94. The summed E-state index contributed by atoms with van der Waals surface area (Å²) in [7, 11) is 0. The monoisotopic (exact) mass is 434 g/mol.